The number of fused-ring (bicyclic) bond motifs is 1. The third-order valence-corrected chi connectivity index (χ3v) is 10.8. The lowest BCUT2D eigenvalue weighted by molar-refractivity contribution is 0.173. The number of aliphatic hydroxyl groups excluding tert-OH is 1. The van der Waals surface area contributed by atoms with Gasteiger partial charge in [-0.25, -0.2) is 4.98 Å². The van der Waals surface area contributed by atoms with Crippen LogP contribution in [0, 0.1) is 25.2 Å². The second-order valence-corrected chi connectivity index (χ2v) is 15.2. The highest BCUT2D eigenvalue weighted by molar-refractivity contribution is 6.32. The van der Waals surface area contributed by atoms with Crippen molar-refractivity contribution in [2.75, 3.05) is 32.8 Å². The Labute approximate surface area is 343 Å². The second kappa shape index (κ2) is 18.9. The molecule has 0 saturated carbocycles. The van der Waals surface area contributed by atoms with E-state index >= 15 is 0 Å². The quantitative estimate of drug-likeness (QED) is 0.0776. The fourth-order valence-electron chi connectivity index (χ4n) is 7.16. The number of benzene rings is 4. The molecule has 3 N–H and O–H groups in total. The summed E-state index contributed by atoms with van der Waals surface area (Å²) in [6, 6.07) is 25.7. The van der Waals surface area contributed by atoms with Crippen molar-refractivity contribution >= 4 is 34.2 Å². The van der Waals surface area contributed by atoms with Gasteiger partial charge < -0.3 is 34.5 Å². The van der Waals surface area contributed by atoms with Crippen LogP contribution in [0.4, 0.5) is 0 Å². The Balaban J connectivity index is 1.03. The Hall–Kier alpha value is -5.15. The largest absolute Gasteiger partial charge is 0.493 e. The number of aromatic amines is 1. The molecule has 0 aliphatic carbocycles. The summed E-state index contributed by atoms with van der Waals surface area (Å²) in [6.45, 7) is 9.10. The van der Waals surface area contributed by atoms with Gasteiger partial charge in [-0.1, -0.05) is 53.5 Å². The van der Waals surface area contributed by atoms with Crippen molar-refractivity contribution in [1.29, 1.82) is 5.26 Å². The summed E-state index contributed by atoms with van der Waals surface area (Å²) in [5.74, 6) is 2.85. The van der Waals surface area contributed by atoms with Gasteiger partial charge in [0, 0.05) is 73.8 Å². The highest BCUT2D eigenvalue weighted by atomic mass is 35.5. The number of pyridine rings is 1. The maximum atomic E-state index is 9.82. The molecule has 0 unspecified atom stereocenters. The first-order valence-corrected chi connectivity index (χ1v) is 20.0. The third-order valence-electron chi connectivity index (χ3n) is 10.3. The van der Waals surface area contributed by atoms with Crippen LogP contribution in [-0.2, 0) is 26.2 Å². The van der Waals surface area contributed by atoms with E-state index in [4.69, 9.17) is 37.4 Å². The molecule has 57 heavy (non-hydrogen) atoms. The van der Waals surface area contributed by atoms with Crippen LogP contribution in [-0.4, -0.2) is 63.8 Å². The molecule has 1 atom stereocenters. The van der Waals surface area contributed by atoms with E-state index in [1.54, 1.807) is 12.3 Å². The van der Waals surface area contributed by atoms with E-state index in [1.807, 2.05) is 48.5 Å². The molecule has 10 nitrogen and oxygen atoms in total. The lowest BCUT2D eigenvalue weighted by Crippen LogP contribution is -2.24. The minimum absolute atomic E-state index is 0.206. The first-order valence-electron chi connectivity index (χ1n) is 19.2. The van der Waals surface area contributed by atoms with E-state index in [1.165, 1.54) is 6.20 Å². The molecule has 0 amide bonds. The molecule has 4 aromatic carbocycles. The number of β-amino-alcohol motifs (C(OH)–C–C–N with tert-alkyl or cyclic N) is 1. The topological polar surface area (TPSA) is 129 Å². The van der Waals surface area contributed by atoms with Crippen molar-refractivity contribution < 1.29 is 19.3 Å². The Morgan fingerprint density at radius 3 is 2.56 bits per heavy atom. The van der Waals surface area contributed by atoms with Gasteiger partial charge in [0.1, 0.15) is 42.4 Å². The van der Waals surface area contributed by atoms with Crippen LogP contribution in [0.25, 0.3) is 22.2 Å². The van der Waals surface area contributed by atoms with Crippen LogP contribution in [0.15, 0.2) is 85.2 Å². The number of hydrogen-bond acceptors (Lipinski definition) is 9. The molecule has 1 saturated heterocycles. The van der Waals surface area contributed by atoms with Gasteiger partial charge in [0.2, 0.25) is 0 Å². The van der Waals surface area contributed by atoms with Gasteiger partial charge >= 0.3 is 0 Å². The number of rotatable bonds is 17. The van der Waals surface area contributed by atoms with Crippen LogP contribution in [0.1, 0.15) is 52.0 Å². The van der Waals surface area contributed by atoms with E-state index in [0.717, 1.165) is 94.0 Å². The first kappa shape index (κ1) is 40.1. The molecule has 0 spiro atoms. The summed E-state index contributed by atoms with van der Waals surface area (Å²) in [4.78, 5) is 14.5. The number of nitrogens with zero attached hydrogens (tertiary/aromatic N) is 4. The molecule has 6 aromatic rings. The molecule has 12 heteroatoms. The monoisotopic (exact) mass is 804 g/mol. The Kier molecular flexibility index (Phi) is 13.3. The highest BCUT2D eigenvalue weighted by Gasteiger charge is 2.20. The van der Waals surface area contributed by atoms with Crippen molar-refractivity contribution in [2.45, 2.75) is 59.0 Å². The smallest absolute Gasteiger partial charge is 0.142 e. The first-order chi connectivity index (χ1) is 27.7. The van der Waals surface area contributed by atoms with E-state index in [-0.39, 0.29) is 12.7 Å². The van der Waals surface area contributed by atoms with Gasteiger partial charge in [-0.3, -0.25) is 4.98 Å². The number of H-pyrrole nitrogens is 1. The predicted molar refractivity (Wildman–Crippen MR) is 224 cm³/mol. The number of nitrogens with one attached hydrogen (secondary N) is 2. The highest BCUT2D eigenvalue weighted by Crippen LogP contribution is 2.36. The summed E-state index contributed by atoms with van der Waals surface area (Å²) in [5, 5.41) is 23.8. The molecule has 3 heterocycles. The van der Waals surface area contributed by atoms with Gasteiger partial charge in [0.05, 0.1) is 34.3 Å². The number of hydrogen-bond donors (Lipinski definition) is 3. The molecule has 1 fully saturated rings. The Morgan fingerprint density at radius 2 is 1.74 bits per heavy atom. The number of likely N-dealkylation sites (tertiary alicyclic amines) is 1. The molecule has 7 rings (SSSR count). The average molecular weight is 806 g/mol. The standard InChI is InChI=1S/C45H46Cl2N6O4/c1-29-33(6-3-7-37(29)38-8-4-9-42(30(38)2)55-17-5-15-53-16-13-36(54)26-53)28-57-44-21-43(56-27-32-18-31(22-48)23-50-24-32)34(19-39(44)47)25-49-14-12-45-51-40-11-10-35(46)20-41(40)52-45/h3-4,6-11,18-21,23-24,36,49,54H,5,12-17,25-28H2,1-2H3,(H,51,52)/t36-/m1/s1. The number of aromatic nitrogens is 3. The summed E-state index contributed by atoms with van der Waals surface area (Å²) in [5.41, 5.74) is 9.33. The zero-order chi connectivity index (χ0) is 39.7. The summed E-state index contributed by atoms with van der Waals surface area (Å²) in [7, 11) is 0. The third kappa shape index (κ3) is 10.2. The van der Waals surface area contributed by atoms with E-state index < -0.39 is 0 Å². The SMILES string of the molecule is Cc1c(COc2cc(OCc3cncc(C#N)c3)c(CNCCc3nc4cc(Cl)ccc4[nH]3)cc2Cl)cccc1-c1cccc(OCCCN2CC[C@@H](O)C2)c1C. The maximum Gasteiger partial charge on any atom is 0.142 e. The van der Waals surface area contributed by atoms with Crippen molar-refractivity contribution in [3.63, 3.8) is 0 Å². The van der Waals surface area contributed by atoms with Crippen LogP contribution < -0.4 is 19.5 Å². The lowest BCUT2D eigenvalue weighted by atomic mass is 9.93. The van der Waals surface area contributed by atoms with Gasteiger partial charge in [0.15, 0.2) is 0 Å². The number of nitriles is 1. The fourth-order valence-corrected chi connectivity index (χ4v) is 7.57. The molecular formula is C45H46Cl2N6O4. The molecule has 0 radical (unpaired) electrons. The minimum atomic E-state index is -0.206. The number of aliphatic hydroxyl groups is 1. The molecule has 294 valence electrons. The average Bonchev–Trinajstić information content (AvgIpc) is 3.83. The molecular weight excluding hydrogens is 759 g/mol. The lowest BCUT2D eigenvalue weighted by Gasteiger charge is -2.19. The number of imidazole rings is 1. The van der Waals surface area contributed by atoms with Crippen molar-refractivity contribution in [3.8, 4) is 34.4 Å². The Bertz CT molecular complexity index is 2380. The van der Waals surface area contributed by atoms with Gasteiger partial charge in [-0.15, -0.1) is 0 Å². The molecule has 0 bridgehead atoms. The van der Waals surface area contributed by atoms with Crippen molar-refractivity contribution in [2.24, 2.45) is 0 Å². The molecule has 2 aromatic heterocycles. The van der Waals surface area contributed by atoms with Crippen molar-refractivity contribution in [1.82, 2.24) is 25.2 Å². The normalized spacial score (nSPS) is 14.2. The van der Waals surface area contributed by atoms with Crippen LogP contribution in [0.2, 0.25) is 10.0 Å². The fraction of sp³-hybridized carbons (Fsp3) is 0.311. The van der Waals surface area contributed by atoms with Crippen LogP contribution >= 0.6 is 23.2 Å². The minimum Gasteiger partial charge on any atom is -0.493 e. The van der Waals surface area contributed by atoms with Crippen LogP contribution in [0.3, 0.4) is 0 Å². The molecule has 1 aliphatic rings. The van der Waals surface area contributed by atoms with E-state index in [0.29, 0.717) is 59.8 Å². The van der Waals surface area contributed by atoms with E-state index in [2.05, 4.69) is 63.3 Å². The predicted octanol–water partition coefficient (Wildman–Crippen LogP) is 8.75. The maximum absolute atomic E-state index is 9.82. The second-order valence-electron chi connectivity index (χ2n) is 14.4. The van der Waals surface area contributed by atoms with Gasteiger partial charge in [-0.05, 0) is 90.9 Å². The van der Waals surface area contributed by atoms with E-state index in [9.17, 15) is 10.4 Å². The number of halogens is 2. The summed E-state index contributed by atoms with van der Waals surface area (Å²) in [6.07, 6.45) is 5.44. The number of ether oxygens (including phenoxy) is 3. The van der Waals surface area contributed by atoms with Crippen molar-refractivity contribution in [3.05, 3.63) is 134 Å². The Morgan fingerprint density at radius 1 is 0.912 bits per heavy atom. The van der Waals surface area contributed by atoms with Gasteiger partial charge in [0.25, 0.3) is 0 Å². The van der Waals surface area contributed by atoms with Gasteiger partial charge in [-0.2, -0.15) is 5.26 Å². The zero-order valence-corrected chi connectivity index (χ0v) is 33.7. The molecule has 1 aliphatic heterocycles. The summed E-state index contributed by atoms with van der Waals surface area (Å²) >= 11 is 13.0. The summed E-state index contributed by atoms with van der Waals surface area (Å²) < 4.78 is 19.0. The zero-order valence-electron chi connectivity index (χ0n) is 32.2. The van der Waals surface area contributed by atoms with Crippen LogP contribution in [0.5, 0.6) is 17.2 Å².